The SMILES string of the molecule is CC1=C[O][Sn][O]1. The van der Waals surface area contributed by atoms with E-state index in [4.69, 9.17) is 6.15 Å². The predicted molar refractivity (Wildman–Crippen MR) is 21.7 cm³/mol. The van der Waals surface area contributed by atoms with Gasteiger partial charge >= 0.3 is 47.1 Å². The van der Waals surface area contributed by atoms with Crippen molar-refractivity contribution in [1.29, 1.82) is 0 Å². The van der Waals surface area contributed by atoms with Crippen LogP contribution in [0, 0.1) is 0 Å². The Kier molecular flexibility index (Phi) is 1.24. The van der Waals surface area contributed by atoms with Crippen molar-refractivity contribution in [3.63, 3.8) is 0 Å². The van der Waals surface area contributed by atoms with Crippen molar-refractivity contribution < 1.29 is 6.15 Å². The zero-order valence-electron chi connectivity index (χ0n) is 3.39. The molecule has 2 radical (unpaired) electrons. The molecule has 1 aliphatic rings. The monoisotopic (exact) mass is 192 g/mol. The molecule has 1 rings (SSSR count). The van der Waals surface area contributed by atoms with Crippen molar-refractivity contribution in [2.75, 3.05) is 0 Å². The van der Waals surface area contributed by atoms with Crippen LogP contribution in [0.3, 0.4) is 0 Å². The molecule has 0 spiro atoms. The third-order valence-corrected chi connectivity index (χ3v) is 2.24. The third kappa shape index (κ3) is 0.800. The van der Waals surface area contributed by atoms with Crippen LogP contribution < -0.4 is 0 Å². The van der Waals surface area contributed by atoms with Gasteiger partial charge in [-0.3, -0.25) is 0 Å². The molecule has 0 saturated carbocycles. The minimum atomic E-state index is -0.819. The van der Waals surface area contributed by atoms with Crippen LogP contribution in [-0.2, 0) is 6.15 Å². The molecule has 0 fully saturated rings. The van der Waals surface area contributed by atoms with Crippen LogP contribution in [0.1, 0.15) is 6.92 Å². The standard InChI is InChI=1S/C3H6O2.Sn/c1-3(5)2-4;/h2,4-5H,1H3;/q;+2/p-2. The molecule has 0 N–H and O–H groups in total. The molecule has 2 nitrogen and oxygen atoms in total. The molecule has 0 unspecified atom stereocenters. The van der Waals surface area contributed by atoms with E-state index in [9.17, 15) is 0 Å². The maximum atomic E-state index is 4.96. The van der Waals surface area contributed by atoms with E-state index in [0.29, 0.717) is 0 Å². The van der Waals surface area contributed by atoms with Gasteiger partial charge in [-0.25, -0.2) is 0 Å². The Bertz CT molecular complexity index is 78.9. The summed E-state index contributed by atoms with van der Waals surface area (Å²) in [5, 5.41) is 0. The van der Waals surface area contributed by atoms with Gasteiger partial charge in [0.2, 0.25) is 0 Å². The average molecular weight is 191 g/mol. The summed E-state index contributed by atoms with van der Waals surface area (Å²) in [7, 11) is 0. The van der Waals surface area contributed by atoms with Gasteiger partial charge in [0, 0.05) is 0 Å². The van der Waals surface area contributed by atoms with Crippen molar-refractivity contribution in [3.8, 4) is 0 Å². The van der Waals surface area contributed by atoms with Crippen molar-refractivity contribution in [2.45, 2.75) is 6.92 Å². The molecule has 0 bridgehead atoms. The first kappa shape index (κ1) is 4.30. The van der Waals surface area contributed by atoms with Crippen molar-refractivity contribution in [1.82, 2.24) is 0 Å². The van der Waals surface area contributed by atoms with Gasteiger partial charge in [-0.15, -0.1) is 0 Å². The molecule has 0 aromatic carbocycles. The molecule has 3 heteroatoms. The molecule has 0 saturated heterocycles. The summed E-state index contributed by atoms with van der Waals surface area (Å²) in [6.45, 7) is 1.90. The molecule has 1 aliphatic heterocycles. The minimum absolute atomic E-state index is 0.819. The van der Waals surface area contributed by atoms with Crippen LogP contribution >= 0.6 is 0 Å². The normalized spacial score (nSPS) is 18.5. The molecule has 1 heterocycles. The van der Waals surface area contributed by atoms with E-state index in [1.165, 1.54) is 0 Å². The van der Waals surface area contributed by atoms with Crippen LogP contribution in [-0.4, -0.2) is 22.0 Å². The first-order chi connectivity index (χ1) is 2.89. The Morgan fingerprint density at radius 1 is 1.83 bits per heavy atom. The molecule has 0 aliphatic carbocycles. The summed E-state index contributed by atoms with van der Waals surface area (Å²) < 4.78 is 9.80. The van der Waals surface area contributed by atoms with E-state index >= 15 is 0 Å². The molecule has 6 heavy (non-hydrogen) atoms. The molecule has 0 aromatic heterocycles. The van der Waals surface area contributed by atoms with Crippen molar-refractivity contribution in [2.24, 2.45) is 0 Å². The molecule has 0 atom stereocenters. The van der Waals surface area contributed by atoms with Gasteiger partial charge in [-0.2, -0.15) is 0 Å². The quantitative estimate of drug-likeness (QED) is 0.516. The van der Waals surface area contributed by atoms with Gasteiger partial charge < -0.3 is 0 Å². The van der Waals surface area contributed by atoms with E-state index in [-0.39, 0.29) is 0 Å². The number of rotatable bonds is 0. The summed E-state index contributed by atoms with van der Waals surface area (Å²) in [6, 6.07) is 0. The van der Waals surface area contributed by atoms with Crippen molar-refractivity contribution in [3.05, 3.63) is 12.0 Å². The fourth-order valence-corrected chi connectivity index (χ4v) is 1.48. The molecule has 0 amide bonds. The van der Waals surface area contributed by atoms with Gasteiger partial charge in [0.15, 0.2) is 0 Å². The van der Waals surface area contributed by atoms with Gasteiger partial charge in [0.05, 0.1) is 0 Å². The van der Waals surface area contributed by atoms with Gasteiger partial charge in [0.25, 0.3) is 0 Å². The fourth-order valence-electron chi connectivity index (χ4n) is 0.221. The summed E-state index contributed by atoms with van der Waals surface area (Å²) in [6.07, 6.45) is 1.67. The van der Waals surface area contributed by atoms with Gasteiger partial charge in [0.1, 0.15) is 0 Å². The average Bonchev–Trinajstić information content (AvgIpc) is 1.86. The van der Waals surface area contributed by atoms with E-state index < -0.39 is 22.0 Å². The third-order valence-electron chi connectivity index (χ3n) is 0.476. The summed E-state index contributed by atoms with van der Waals surface area (Å²) in [5.41, 5.74) is 0. The zero-order chi connectivity index (χ0) is 4.41. The second kappa shape index (κ2) is 1.73. The van der Waals surface area contributed by atoms with Crippen LogP contribution in [0.4, 0.5) is 0 Å². The zero-order valence-corrected chi connectivity index (χ0v) is 6.25. The number of hydrogen-bond acceptors (Lipinski definition) is 2. The molecular weight excluding hydrogens is 187 g/mol. The van der Waals surface area contributed by atoms with Crippen LogP contribution in [0.25, 0.3) is 0 Å². The second-order valence-electron chi connectivity index (χ2n) is 1.03. The van der Waals surface area contributed by atoms with Crippen LogP contribution in [0.15, 0.2) is 12.0 Å². The van der Waals surface area contributed by atoms with Crippen molar-refractivity contribution >= 4 is 22.0 Å². The first-order valence-corrected chi connectivity index (χ1v) is 3.97. The topological polar surface area (TPSA) is 18.5 Å². The fraction of sp³-hybridized carbons (Fsp3) is 0.333. The van der Waals surface area contributed by atoms with E-state index in [1.54, 1.807) is 6.26 Å². The molecule has 32 valence electrons. The Labute approximate surface area is 47.4 Å². The Balaban J connectivity index is 2.45. The Morgan fingerprint density at radius 3 is 2.83 bits per heavy atom. The Morgan fingerprint density at radius 2 is 2.67 bits per heavy atom. The van der Waals surface area contributed by atoms with Crippen LogP contribution in [0.5, 0.6) is 0 Å². The first-order valence-electron chi connectivity index (χ1n) is 1.64. The predicted octanol–water partition coefficient (Wildman–Crippen LogP) is 0.429. The number of allylic oxidation sites excluding steroid dienone is 1. The Hall–Kier alpha value is 0.139. The summed E-state index contributed by atoms with van der Waals surface area (Å²) in [4.78, 5) is 0. The van der Waals surface area contributed by atoms with E-state index in [0.717, 1.165) is 5.76 Å². The van der Waals surface area contributed by atoms with Crippen LogP contribution in [0.2, 0.25) is 0 Å². The van der Waals surface area contributed by atoms with Gasteiger partial charge in [-0.05, 0) is 0 Å². The summed E-state index contributed by atoms with van der Waals surface area (Å²) >= 11 is -0.819. The van der Waals surface area contributed by atoms with E-state index in [2.05, 4.69) is 0 Å². The molecule has 0 aromatic rings. The van der Waals surface area contributed by atoms with E-state index in [1.807, 2.05) is 6.92 Å². The maximum absolute atomic E-state index is 4.96. The number of hydrogen-bond donors (Lipinski definition) is 0. The summed E-state index contributed by atoms with van der Waals surface area (Å²) in [5.74, 6) is 0.932. The second-order valence-corrected chi connectivity index (χ2v) is 2.76. The molecular formula is C3H4O2Sn. The van der Waals surface area contributed by atoms with Gasteiger partial charge in [-0.1, -0.05) is 0 Å².